The van der Waals surface area contributed by atoms with Gasteiger partial charge in [0.1, 0.15) is 5.75 Å². The Kier molecular flexibility index (Phi) is 10.5. The van der Waals surface area contributed by atoms with E-state index in [0.29, 0.717) is 13.2 Å². The Bertz CT molecular complexity index is 838. The average molecular weight is 443 g/mol. The molecule has 0 heterocycles. The van der Waals surface area contributed by atoms with Gasteiger partial charge in [-0.2, -0.15) is 0 Å². The number of carbonyl (C=O) groups excluding carboxylic acids is 2. The van der Waals surface area contributed by atoms with E-state index in [9.17, 15) is 9.59 Å². The molecule has 6 nitrogen and oxygen atoms in total. The van der Waals surface area contributed by atoms with Crippen molar-refractivity contribution in [2.45, 2.75) is 52.2 Å². The van der Waals surface area contributed by atoms with Crippen molar-refractivity contribution in [3.63, 3.8) is 0 Å². The lowest BCUT2D eigenvalue weighted by Gasteiger charge is -2.12. The summed E-state index contributed by atoms with van der Waals surface area (Å²) in [6.45, 7) is 4.77. The van der Waals surface area contributed by atoms with Crippen LogP contribution in [0.25, 0.3) is 0 Å². The molecule has 0 atom stereocenters. The molecule has 0 spiro atoms. The van der Waals surface area contributed by atoms with Gasteiger partial charge < -0.3 is 20.1 Å². The Balaban J connectivity index is 1.56. The van der Waals surface area contributed by atoms with E-state index in [0.717, 1.165) is 24.2 Å². The standard InChI is InChI=1S/C24H30N2O4S/c1-18(2)30-21-12-10-20(11-13-21)17-25-24(31)26-22(27)14-15-23(28)29-16-6-9-19-7-4-3-5-8-19/h3-5,7-8,10-13,18H,6,9,14-17H2,1-2H3,(H2,25,26,27,31). The van der Waals surface area contributed by atoms with E-state index in [1.165, 1.54) is 5.56 Å². The summed E-state index contributed by atoms with van der Waals surface area (Å²) in [6.07, 6.45) is 1.78. The number of benzene rings is 2. The molecule has 0 fully saturated rings. The molecule has 2 aromatic carbocycles. The summed E-state index contributed by atoms with van der Waals surface area (Å²) in [5, 5.41) is 5.78. The maximum absolute atomic E-state index is 12.0. The van der Waals surface area contributed by atoms with E-state index < -0.39 is 0 Å². The molecule has 2 rings (SSSR count). The normalized spacial score (nSPS) is 10.4. The summed E-state index contributed by atoms with van der Waals surface area (Å²) in [5.74, 6) is 0.104. The molecule has 0 aliphatic heterocycles. The van der Waals surface area contributed by atoms with Crippen molar-refractivity contribution in [1.29, 1.82) is 0 Å². The van der Waals surface area contributed by atoms with Crippen molar-refractivity contribution in [2.24, 2.45) is 0 Å². The third-order valence-corrected chi connectivity index (χ3v) is 4.52. The molecule has 2 N–H and O–H groups in total. The van der Waals surface area contributed by atoms with Gasteiger partial charge in [-0.05, 0) is 62.2 Å². The second kappa shape index (κ2) is 13.4. The third kappa shape index (κ3) is 10.6. The van der Waals surface area contributed by atoms with Crippen molar-refractivity contribution in [3.8, 4) is 5.75 Å². The number of nitrogens with one attached hydrogen (secondary N) is 2. The predicted octanol–water partition coefficient (Wildman–Crippen LogP) is 3.92. The zero-order chi connectivity index (χ0) is 22.5. The molecule has 0 aliphatic rings. The Hall–Kier alpha value is -2.93. The highest BCUT2D eigenvalue weighted by atomic mass is 32.1. The molecule has 0 saturated heterocycles. The minimum Gasteiger partial charge on any atom is -0.491 e. The quantitative estimate of drug-likeness (QED) is 0.312. The minimum absolute atomic E-state index is 0.0249. The number of hydrogen-bond acceptors (Lipinski definition) is 5. The van der Waals surface area contributed by atoms with Crippen LogP contribution in [-0.4, -0.2) is 29.7 Å². The summed E-state index contributed by atoms with van der Waals surface area (Å²) in [4.78, 5) is 23.8. The Morgan fingerprint density at radius 1 is 0.968 bits per heavy atom. The number of hydrogen-bond donors (Lipinski definition) is 2. The molecule has 0 aliphatic carbocycles. The molecule has 1 amide bonds. The molecule has 7 heteroatoms. The van der Waals surface area contributed by atoms with Crippen LogP contribution in [0.15, 0.2) is 54.6 Å². The van der Waals surface area contributed by atoms with E-state index in [-0.39, 0.29) is 35.9 Å². The first-order chi connectivity index (χ1) is 14.9. The summed E-state index contributed by atoms with van der Waals surface area (Å²) < 4.78 is 10.8. The molecule has 166 valence electrons. The monoisotopic (exact) mass is 442 g/mol. The van der Waals surface area contributed by atoms with Crippen LogP contribution in [0.5, 0.6) is 5.75 Å². The van der Waals surface area contributed by atoms with Crippen LogP contribution >= 0.6 is 12.2 Å². The number of amides is 1. The number of esters is 1. The lowest BCUT2D eigenvalue weighted by molar-refractivity contribution is -0.145. The largest absolute Gasteiger partial charge is 0.491 e. The van der Waals surface area contributed by atoms with E-state index in [2.05, 4.69) is 10.6 Å². The molecular formula is C24H30N2O4S. The highest BCUT2D eigenvalue weighted by Gasteiger charge is 2.09. The van der Waals surface area contributed by atoms with Crippen LogP contribution in [0.4, 0.5) is 0 Å². The van der Waals surface area contributed by atoms with Gasteiger partial charge in [-0.1, -0.05) is 42.5 Å². The van der Waals surface area contributed by atoms with Crippen LogP contribution in [0, 0.1) is 0 Å². The van der Waals surface area contributed by atoms with Crippen molar-refractivity contribution in [2.75, 3.05) is 6.61 Å². The summed E-state index contributed by atoms with van der Waals surface area (Å²) in [5.41, 5.74) is 2.21. The van der Waals surface area contributed by atoms with Gasteiger partial charge in [0.25, 0.3) is 0 Å². The van der Waals surface area contributed by atoms with Crippen molar-refractivity contribution in [3.05, 3.63) is 65.7 Å². The predicted molar refractivity (Wildman–Crippen MR) is 125 cm³/mol. The number of thiocarbonyl (C=S) groups is 1. The van der Waals surface area contributed by atoms with Gasteiger partial charge in [-0.15, -0.1) is 0 Å². The van der Waals surface area contributed by atoms with E-state index >= 15 is 0 Å². The maximum Gasteiger partial charge on any atom is 0.306 e. The van der Waals surface area contributed by atoms with Crippen LogP contribution < -0.4 is 15.4 Å². The topological polar surface area (TPSA) is 76.7 Å². The second-order valence-electron chi connectivity index (χ2n) is 7.35. The smallest absolute Gasteiger partial charge is 0.306 e. The fourth-order valence-corrected chi connectivity index (χ4v) is 2.95. The molecule has 0 unspecified atom stereocenters. The Morgan fingerprint density at radius 2 is 1.68 bits per heavy atom. The van der Waals surface area contributed by atoms with Crippen LogP contribution in [0.2, 0.25) is 0 Å². The van der Waals surface area contributed by atoms with Gasteiger partial charge >= 0.3 is 5.97 Å². The van der Waals surface area contributed by atoms with Crippen LogP contribution in [0.3, 0.4) is 0 Å². The second-order valence-corrected chi connectivity index (χ2v) is 7.76. The summed E-state index contributed by atoms with van der Waals surface area (Å²) >= 11 is 5.14. The molecule has 2 aromatic rings. The van der Waals surface area contributed by atoms with Crippen molar-refractivity contribution < 1.29 is 19.1 Å². The fraction of sp³-hybridized carbons (Fsp3) is 0.375. The average Bonchev–Trinajstić information content (AvgIpc) is 2.75. The van der Waals surface area contributed by atoms with Crippen LogP contribution in [0.1, 0.15) is 44.2 Å². The first kappa shape index (κ1) is 24.3. The SMILES string of the molecule is CC(C)Oc1ccc(CNC(=S)NC(=O)CCC(=O)OCCCc2ccccc2)cc1. The van der Waals surface area contributed by atoms with E-state index in [1.807, 2.05) is 68.4 Å². The minimum atomic E-state index is -0.384. The summed E-state index contributed by atoms with van der Waals surface area (Å²) in [6, 6.07) is 17.7. The molecule has 31 heavy (non-hydrogen) atoms. The van der Waals surface area contributed by atoms with Crippen molar-refractivity contribution >= 4 is 29.2 Å². The molecule has 0 aromatic heterocycles. The first-order valence-electron chi connectivity index (χ1n) is 10.4. The number of rotatable bonds is 11. The van der Waals surface area contributed by atoms with Gasteiger partial charge in [0.15, 0.2) is 5.11 Å². The molecular weight excluding hydrogens is 412 g/mol. The molecule has 0 radical (unpaired) electrons. The van der Waals surface area contributed by atoms with Gasteiger partial charge in [0.2, 0.25) is 5.91 Å². The molecule has 0 saturated carbocycles. The highest BCUT2D eigenvalue weighted by Crippen LogP contribution is 2.13. The number of ether oxygens (including phenoxy) is 2. The summed E-state index contributed by atoms with van der Waals surface area (Å²) in [7, 11) is 0. The van der Waals surface area contributed by atoms with Gasteiger partial charge in [-0.25, -0.2) is 0 Å². The number of aryl methyl sites for hydroxylation is 1. The van der Waals surface area contributed by atoms with E-state index in [4.69, 9.17) is 21.7 Å². The first-order valence-corrected chi connectivity index (χ1v) is 10.9. The Morgan fingerprint density at radius 3 is 2.35 bits per heavy atom. The zero-order valence-electron chi connectivity index (χ0n) is 18.1. The Labute approximate surface area is 189 Å². The number of carbonyl (C=O) groups is 2. The highest BCUT2D eigenvalue weighted by molar-refractivity contribution is 7.80. The van der Waals surface area contributed by atoms with E-state index in [1.54, 1.807) is 0 Å². The maximum atomic E-state index is 12.0. The van der Waals surface area contributed by atoms with Crippen molar-refractivity contribution in [1.82, 2.24) is 10.6 Å². The fourth-order valence-electron chi connectivity index (χ4n) is 2.77. The van der Waals surface area contributed by atoms with Gasteiger partial charge in [0, 0.05) is 13.0 Å². The zero-order valence-corrected chi connectivity index (χ0v) is 18.9. The van der Waals surface area contributed by atoms with Gasteiger partial charge in [-0.3, -0.25) is 9.59 Å². The van der Waals surface area contributed by atoms with Gasteiger partial charge in [0.05, 0.1) is 19.1 Å². The van der Waals surface area contributed by atoms with Crippen LogP contribution in [-0.2, 0) is 27.3 Å². The lowest BCUT2D eigenvalue weighted by atomic mass is 10.1. The lowest BCUT2D eigenvalue weighted by Crippen LogP contribution is -2.38. The molecule has 0 bridgehead atoms. The third-order valence-electron chi connectivity index (χ3n) is 4.27.